The monoisotopic (exact) mass is 603 g/mol. The maximum atomic E-state index is 13.5. The first-order chi connectivity index (χ1) is 19.7. The molecule has 12 nitrogen and oxygen atoms in total. The van der Waals surface area contributed by atoms with Gasteiger partial charge in [-0.1, -0.05) is 11.6 Å². The molecule has 0 spiro atoms. The summed E-state index contributed by atoms with van der Waals surface area (Å²) in [7, 11) is -2.92. The van der Waals surface area contributed by atoms with E-state index < -0.39 is 21.4 Å². The van der Waals surface area contributed by atoms with Gasteiger partial charge in [-0.3, -0.25) is 18.7 Å². The Bertz CT molecular complexity index is 1800. The minimum absolute atomic E-state index is 0.00200. The number of methoxy groups -OCH3 is 1. The van der Waals surface area contributed by atoms with Crippen LogP contribution in [0.5, 0.6) is 11.6 Å². The van der Waals surface area contributed by atoms with Crippen molar-refractivity contribution >= 4 is 38.9 Å². The van der Waals surface area contributed by atoms with Gasteiger partial charge in [-0.15, -0.1) is 0 Å². The summed E-state index contributed by atoms with van der Waals surface area (Å²) in [5.41, 5.74) is 0.819. The Morgan fingerprint density at radius 1 is 1.12 bits per heavy atom. The number of fused-ring (bicyclic) bond motifs is 1. The number of nitrogens with one attached hydrogen (secondary N) is 1. The summed E-state index contributed by atoms with van der Waals surface area (Å²) in [6.07, 6.45) is 4.28. The first-order valence-corrected chi connectivity index (χ1v) is 14.0. The summed E-state index contributed by atoms with van der Waals surface area (Å²) >= 11 is 5.96. The molecule has 214 valence electrons. The molecule has 0 saturated carbocycles. The minimum atomic E-state index is -4.24. The van der Waals surface area contributed by atoms with E-state index in [1.54, 1.807) is 17.0 Å². The molecule has 5 rings (SSSR count). The fourth-order valence-corrected chi connectivity index (χ4v) is 5.70. The number of carbonyl (C=O) groups is 1. The Labute approximate surface area is 238 Å². The van der Waals surface area contributed by atoms with Gasteiger partial charge in [-0.25, -0.2) is 22.8 Å². The fourth-order valence-electron chi connectivity index (χ4n) is 4.12. The third-order valence-electron chi connectivity index (χ3n) is 6.18. The van der Waals surface area contributed by atoms with Crippen LogP contribution >= 0.6 is 11.6 Å². The number of amides is 1. The van der Waals surface area contributed by atoms with Gasteiger partial charge in [0.25, 0.3) is 15.6 Å². The number of hydrogen-bond donors (Lipinski definition) is 1. The number of benzene rings is 1. The second-order valence-electron chi connectivity index (χ2n) is 8.82. The second-order valence-corrected chi connectivity index (χ2v) is 10.9. The molecule has 4 heterocycles. The predicted octanol–water partition coefficient (Wildman–Crippen LogP) is 2.60. The SMILES string of the molecule is COc1ncc(-c2ccc3ncc(OCCN4CCOCC4=O)c(=O)n3c2)cc1NS(=O)(=O)c1ccc(F)cc1Cl. The highest BCUT2D eigenvalue weighted by Gasteiger charge is 2.22. The maximum absolute atomic E-state index is 13.5. The highest BCUT2D eigenvalue weighted by atomic mass is 35.5. The van der Waals surface area contributed by atoms with Crippen molar-refractivity contribution in [3.05, 3.63) is 76.2 Å². The number of morpholine rings is 1. The number of halogens is 2. The molecule has 1 amide bonds. The molecule has 41 heavy (non-hydrogen) atoms. The molecule has 0 atom stereocenters. The van der Waals surface area contributed by atoms with Gasteiger partial charge >= 0.3 is 0 Å². The van der Waals surface area contributed by atoms with Crippen molar-refractivity contribution in [2.75, 3.05) is 44.7 Å². The van der Waals surface area contributed by atoms with E-state index in [0.29, 0.717) is 36.5 Å². The molecule has 1 aliphatic heterocycles. The number of aromatic nitrogens is 3. The lowest BCUT2D eigenvalue weighted by Crippen LogP contribution is -2.43. The lowest BCUT2D eigenvalue weighted by atomic mass is 10.1. The third-order valence-corrected chi connectivity index (χ3v) is 8.03. The first kappa shape index (κ1) is 28.3. The van der Waals surface area contributed by atoms with Gasteiger partial charge in [-0.2, -0.15) is 0 Å². The van der Waals surface area contributed by atoms with Gasteiger partial charge in [0, 0.05) is 30.1 Å². The smallest absolute Gasteiger partial charge is 0.300 e. The van der Waals surface area contributed by atoms with Crippen molar-refractivity contribution in [1.29, 1.82) is 0 Å². The third kappa shape index (κ3) is 6.09. The summed E-state index contributed by atoms with van der Waals surface area (Å²) < 4.78 is 59.1. The van der Waals surface area contributed by atoms with Gasteiger partial charge in [0.05, 0.1) is 31.5 Å². The number of ether oxygens (including phenoxy) is 3. The van der Waals surface area contributed by atoms with Crippen molar-refractivity contribution in [1.82, 2.24) is 19.3 Å². The van der Waals surface area contributed by atoms with Crippen molar-refractivity contribution < 1.29 is 31.8 Å². The van der Waals surface area contributed by atoms with Crippen LogP contribution in [-0.4, -0.2) is 73.6 Å². The van der Waals surface area contributed by atoms with E-state index in [4.69, 9.17) is 25.8 Å². The van der Waals surface area contributed by atoms with Crippen molar-refractivity contribution in [2.45, 2.75) is 4.90 Å². The van der Waals surface area contributed by atoms with Crippen molar-refractivity contribution in [3.8, 4) is 22.8 Å². The van der Waals surface area contributed by atoms with Crippen LogP contribution in [0.15, 0.2) is 64.7 Å². The number of anilines is 1. The topological polar surface area (TPSA) is 141 Å². The molecule has 1 fully saturated rings. The molecule has 15 heteroatoms. The van der Waals surface area contributed by atoms with Crippen LogP contribution in [0.25, 0.3) is 16.8 Å². The number of hydrogen-bond acceptors (Lipinski definition) is 9. The average molecular weight is 604 g/mol. The number of pyridine rings is 2. The predicted molar refractivity (Wildman–Crippen MR) is 146 cm³/mol. The molecule has 4 aromatic rings. The first-order valence-electron chi connectivity index (χ1n) is 12.2. The number of rotatable bonds is 9. The Hall–Kier alpha value is -4.27. The highest BCUT2D eigenvalue weighted by Crippen LogP contribution is 2.31. The summed E-state index contributed by atoms with van der Waals surface area (Å²) in [6.45, 7) is 1.30. The molecule has 3 aromatic heterocycles. The van der Waals surface area contributed by atoms with Gasteiger partial charge in [0.1, 0.15) is 35.3 Å². The molecule has 1 aliphatic rings. The molecule has 0 bridgehead atoms. The van der Waals surface area contributed by atoms with Gasteiger partial charge in [0.15, 0.2) is 0 Å². The Kier molecular flexibility index (Phi) is 8.06. The van der Waals surface area contributed by atoms with Crippen molar-refractivity contribution in [2.24, 2.45) is 0 Å². The molecule has 1 N–H and O–H groups in total. The second kappa shape index (κ2) is 11.7. The number of nitrogens with zero attached hydrogens (tertiary/aromatic N) is 4. The minimum Gasteiger partial charge on any atom is -0.485 e. The molecule has 0 radical (unpaired) electrons. The molecular weight excluding hydrogens is 581 g/mol. The Balaban J connectivity index is 1.42. The van der Waals surface area contributed by atoms with Gasteiger partial charge in [0.2, 0.25) is 17.5 Å². The van der Waals surface area contributed by atoms with Crippen LogP contribution in [-0.2, 0) is 19.6 Å². The Morgan fingerprint density at radius 2 is 1.95 bits per heavy atom. The van der Waals surface area contributed by atoms with Crippen LogP contribution in [0.1, 0.15) is 0 Å². The van der Waals surface area contributed by atoms with Crippen LogP contribution in [0.4, 0.5) is 10.1 Å². The molecular formula is C26H23ClFN5O7S. The molecule has 1 saturated heterocycles. The van der Waals surface area contributed by atoms with E-state index >= 15 is 0 Å². The molecule has 0 aliphatic carbocycles. The normalized spacial score (nSPS) is 13.8. The summed E-state index contributed by atoms with van der Waals surface area (Å²) in [4.78, 5) is 34.8. The number of sulfonamides is 1. The van der Waals surface area contributed by atoms with E-state index in [9.17, 15) is 22.4 Å². The zero-order chi connectivity index (χ0) is 29.1. The van der Waals surface area contributed by atoms with Crippen LogP contribution in [0.2, 0.25) is 5.02 Å². The summed E-state index contributed by atoms with van der Waals surface area (Å²) in [5.74, 6) is -0.854. The zero-order valence-electron chi connectivity index (χ0n) is 21.5. The molecule has 1 aromatic carbocycles. The average Bonchev–Trinajstić information content (AvgIpc) is 2.94. The van der Waals surface area contributed by atoms with E-state index in [1.165, 1.54) is 36.2 Å². The summed E-state index contributed by atoms with van der Waals surface area (Å²) in [6, 6.07) is 7.69. The molecule has 0 unspecified atom stereocenters. The Morgan fingerprint density at radius 3 is 2.71 bits per heavy atom. The number of carbonyl (C=O) groups excluding carboxylic acids is 1. The van der Waals surface area contributed by atoms with Crippen molar-refractivity contribution in [3.63, 3.8) is 0 Å². The van der Waals surface area contributed by atoms with E-state index in [2.05, 4.69) is 14.7 Å². The quantitative estimate of drug-likeness (QED) is 0.305. The zero-order valence-corrected chi connectivity index (χ0v) is 23.1. The van der Waals surface area contributed by atoms with Gasteiger partial charge < -0.3 is 19.1 Å². The maximum Gasteiger partial charge on any atom is 0.300 e. The highest BCUT2D eigenvalue weighted by molar-refractivity contribution is 7.92. The van der Waals surface area contributed by atoms with Crippen LogP contribution in [0.3, 0.4) is 0 Å². The van der Waals surface area contributed by atoms with E-state index in [1.807, 2.05) is 0 Å². The van der Waals surface area contributed by atoms with Crippen LogP contribution < -0.4 is 19.8 Å². The van der Waals surface area contributed by atoms with E-state index in [0.717, 1.165) is 18.2 Å². The van der Waals surface area contributed by atoms with E-state index in [-0.39, 0.29) is 46.4 Å². The van der Waals surface area contributed by atoms with Crippen LogP contribution in [0, 0.1) is 5.82 Å². The fraction of sp³-hybridized carbons (Fsp3) is 0.231. The summed E-state index contributed by atoms with van der Waals surface area (Å²) in [5, 5.41) is -0.295. The van der Waals surface area contributed by atoms with Gasteiger partial charge in [-0.05, 0) is 36.4 Å². The standard InChI is InChI=1S/C26H23ClFN5O7S/c1-38-25-20(31-41(36,37)22-4-3-18(28)11-19(22)27)10-17(12-30-25)16-2-5-23-29-13-21(26(35)33(23)14-16)40-9-7-32-6-8-39-15-24(32)34/h2-5,10-14,31H,6-9,15H2,1H3. The lowest BCUT2D eigenvalue weighted by Gasteiger charge is -2.26. The largest absolute Gasteiger partial charge is 0.485 e. The lowest BCUT2D eigenvalue weighted by molar-refractivity contribution is -0.143.